The van der Waals surface area contributed by atoms with Crippen molar-refractivity contribution in [2.75, 3.05) is 53.5 Å². The normalized spacial score (nSPS) is 17.7. The first kappa shape index (κ1) is 42.0. The van der Waals surface area contributed by atoms with Crippen molar-refractivity contribution in [1.29, 1.82) is 0 Å². The predicted molar refractivity (Wildman–Crippen MR) is 229 cm³/mol. The van der Waals surface area contributed by atoms with Gasteiger partial charge in [-0.2, -0.15) is 0 Å². The zero-order valence-corrected chi connectivity index (χ0v) is 35.2. The van der Waals surface area contributed by atoms with Gasteiger partial charge in [-0.15, -0.1) is 0 Å². The minimum Gasteiger partial charge on any atom is -0.397 e. The summed E-state index contributed by atoms with van der Waals surface area (Å²) in [6.07, 6.45) is 7.10. The lowest BCUT2D eigenvalue weighted by Gasteiger charge is -2.26. The second kappa shape index (κ2) is 17.9. The highest BCUT2D eigenvalue weighted by atomic mass is 32.2. The van der Waals surface area contributed by atoms with Crippen LogP contribution < -0.4 is 19.7 Å². The molecule has 2 aliphatic heterocycles. The Bertz CT molecular complexity index is 2320. The van der Waals surface area contributed by atoms with Crippen molar-refractivity contribution in [2.24, 2.45) is 0 Å². The quantitative estimate of drug-likeness (QED) is 0.127. The molecule has 57 heavy (non-hydrogen) atoms. The molecular formula is C43H56N6O6S2. The van der Waals surface area contributed by atoms with Gasteiger partial charge >= 0.3 is 0 Å². The van der Waals surface area contributed by atoms with Crippen LogP contribution in [-0.4, -0.2) is 72.4 Å². The van der Waals surface area contributed by atoms with Crippen LogP contribution in [0.25, 0.3) is 11.0 Å². The van der Waals surface area contributed by atoms with Crippen LogP contribution in [0.1, 0.15) is 65.1 Å². The minimum absolute atomic E-state index is 0.143. The molecule has 0 aliphatic carbocycles. The highest BCUT2D eigenvalue weighted by Crippen LogP contribution is 2.32. The molecule has 3 N–H and O–H groups in total. The number of nitrogen functional groups attached to an aromatic ring is 1. The maximum Gasteiger partial charge on any atom is 0.264 e. The number of rotatable bonds is 11. The summed E-state index contributed by atoms with van der Waals surface area (Å²) in [4.78, 5) is 5.45. The van der Waals surface area contributed by atoms with Gasteiger partial charge in [0, 0.05) is 39.3 Å². The van der Waals surface area contributed by atoms with Crippen molar-refractivity contribution in [3.8, 4) is 0 Å². The molecule has 2 unspecified atom stereocenters. The SMILES string of the molecule is CN(c1ccc(NCC2CCCCO2)c(N)c1)S(=O)(=O)c1ccccc1.CN(c1ccc2c(c1)nc(C(C)(C)C)n2CC1CCCCO1)S(=O)(=O)c1ccccc1. The number of sulfonamides is 2. The van der Waals surface area contributed by atoms with Crippen LogP contribution in [0.3, 0.4) is 0 Å². The van der Waals surface area contributed by atoms with Crippen molar-refractivity contribution in [1.82, 2.24) is 9.55 Å². The van der Waals surface area contributed by atoms with E-state index < -0.39 is 20.0 Å². The average molecular weight is 817 g/mol. The number of anilines is 4. The van der Waals surface area contributed by atoms with Crippen molar-refractivity contribution < 1.29 is 26.3 Å². The van der Waals surface area contributed by atoms with E-state index >= 15 is 0 Å². The monoisotopic (exact) mass is 816 g/mol. The van der Waals surface area contributed by atoms with E-state index in [-0.39, 0.29) is 27.4 Å². The van der Waals surface area contributed by atoms with Gasteiger partial charge in [-0.05, 0) is 99.2 Å². The Morgan fingerprint density at radius 3 is 1.77 bits per heavy atom. The summed E-state index contributed by atoms with van der Waals surface area (Å²) in [5.74, 6) is 0.988. The van der Waals surface area contributed by atoms with Gasteiger partial charge in [0.05, 0.1) is 62.3 Å². The van der Waals surface area contributed by atoms with Crippen LogP contribution in [0.5, 0.6) is 0 Å². The molecule has 0 saturated carbocycles. The van der Waals surface area contributed by atoms with E-state index in [1.54, 1.807) is 73.8 Å². The maximum absolute atomic E-state index is 13.0. The van der Waals surface area contributed by atoms with Crippen LogP contribution in [0.4, 0.5) is 22.7 Å². The van der Waals surface area contributed by atoms with Gasteiger partial charge in [0.1, 0.15) is 5.82 Å². The Labute approximate surface area is 338 Å². The molecule has 2 atom stereocenters. The van der Waals surface area contributed by atoms with Gasteiger partial charge in [-0.1, -0.05) is 57.2 Å². The van der Waals surface area contributed by atoms with Crippen LogP contribution in [0.2, 0.25) is 0 Å². The highest BCUT2D eigenvalue weighted by molar-refractivity contribution is 7.93. The zero-order valence-electron chi connectivity index (χ0n) is 33.6. The molecule has 12 nitrogen and oxygen atoms in total. The van der Waals surface area contributed by atoms with Crippen molar-refractivity contribution in [3.63, 3.8) is 0 Å². The summed E-state index contributed by atoms with van der Waals surface area (Å²) < 4.78 is 68.0. The molecule has 0 spiro atoms. The van der Waals surface area contributed by atoms with E-state index in [9.17, 15) is 16.8 Å². The standard InChI is InChI=1S/C24H31N3O3S.C19H25N3O3S/c1-24(2,3)23-25-21-16-18(26(4)31(28,29)20-11-6-5-7-12-20)13-14-22(21)27(23)17-19-10-8-9-15-30-19;1-22(26(23,24)17-8-3-2-4-9-17)15-10-11-19(18(20)13-15)21-14-16-7-5-6-12-25-16/h5-7,11-14,16,19H,8-10,15,17H2,1-4H3;2-4,8-11,13,16,21H,5-7,12,14,20H2,1H3. The fourth-order valence-electron chi connectivity index (χ4n) is 7.10. The lowest BCUT2D eigenvalue weighted by molar-refractivity contribution is 0.00583. The first-order chi connectivity index (χ1) is 27.2. The number of hydrogen-bond donors (Lipinski definition) is 2. The fraction of sp³-hybridized carbons (Fsp3) is 0.419. The highest BCUT2D eigenvalue weighted by Gasteiger charge is 2.28. The van der Waals surface area contributed by atoms with Crippen molar-refractivity contribution >= 4 is 53.8 Å². The number of benzene rings is 4. The van der Waals surface area contributed by atoms with E-state index in [2.05, 4.69) is 30.7 Å². The van der Waals surface area contributed by atoms with E-state index in [0.29, 0.717) is 23.6 Å². The molecule has 14 heteroatoms. The number of nitrogens with one attached hydrogen (secondary N) is 1. The van der Waals surface area contributed by atoms with Crippen LogP contribution in [-0.2, 0) is 41.5 Å². The van der Waals surface area contributed by atoms with Crippen molar-refractivity contribution in [3.05, 3.63) is 103 Å². The molecule has 0 bridgehead atoms. The Balaban J connectivity index is 0.000000196. The molecule has 0 radical (unpaired) electrons. The molecule has 7 rings (SSSR count). The number of nitrogens with zero attached hydrogens (tertiary/aromatic N) is 4. The second-order valence-corrected chi connectivity index (χ2v) is 19.6. The molecular weight excluding hydrogens is 761 g/mol. The lowest BCUT2D eigenvalue weighted by atomic mass is 9.95. The van der Waals surface area contributed by atoms with Crippen molar-refractivity contribution in [2.45, 2.75) is 93.3 Å². The molecule has 4 aromatic carbocycles. The van der Waals surface area contributed by atoms with Crippen LogP contribution in [0, 0.1) is 0 Å². The molecule has 2 aliphatic rings. The number of nitrogens with two attached hydrogens (primary N) is 1. The zero-order chi connectivity index (χ0) is 40.8. The third kappa shape index (κ3) is 9.92. The van der Waals surface area contributed by atoms with Crippen LogP contribution in [0.15, 0.2) is 107 Å². The van der Waals surface area contributed by atoms with Gasteiger partial charge in [0.2, 0.25) is 0 Å². The number of aromatic nitrogens is 2. The predicted octanol–water partition coefficient (Wildman–Crippen LogP) is 7.80. The smallest absolute Gasteiger partial charge is 0.264 e. The molecule has 1 aromatic heterocycles. The molecule has 3 heterocycles. The summed E-state index contributed by atoms with van der Waals surface area (Å²) in [5.41, 5.74) is 10.2. The van der Waals surface area contributed by atoms with E-state index in [1.807, 2.05) is 30.3 Å². The summed E-state index contributed by atoms with van der Waals surface area (Å²) in [6.45, 7) is 9.54. The number of fused-ring (bicyclic) bond motifs is 1. The average Bonchev–Trinajstić information content (AvgIpc) is 3.59. The number of ether oxygens (including phenoxy) is 2. The van der Waals surface area contributed by atoms with E-state index in [0.717, 1.165) is 68.0 Å². The Hall–Kier alpha value is -4.63. The molecule has 5 aromatic rings. The van der Waals surface area contributed by atoms with Gasteiger partial charge in [-0.3, -0.25) is 8.61 Å². The number of imidazole rings is 1. The first-order valence-electron chi connectivity index (χ1n) is 19.6. The Morgan fingerprint density at radius 2 is 1.26 bits per heavy atom. The number of hydrogen-bond acceptors (Lipinski definition) is 9. The van der Waals surface area contributed by atoms with Gasteiger partial charge in [0.25, 0.3) is 20.0 Å². The van der Waals surface area contributed by atoms with Gasteiger partial charge in [-0.25, -0.2) is 21.8 Å². The van der Waals surface area contributed by atoms with Gasteiger partial charge in [0.15, 0.2) is 0 Å². The maximum atomic E-state index is 13.0. The summed E-state index contributed by atoms with van der Waals surface area (Å²) in [6, 6.07) is 27.8. The van der Waals surface area contributed by atoms with Crippen LogP contribution >= 0.6 is 0 Å². The third-order valence-corrected chi connectivity index (χ3v) is 14.0. The first-order valence-corrected chi connectivity index (χ1v) is 22.5. The fourth-order valence-corrected chi connectivity index (χ4v) is 9.52. The Kier molecular flexibility index (Phi) is 13.2. The molecule has 0 amide bonds. The topological polar surface area (TPSA) is 149 Å². The summed E-state index contributed by atoms with van der Waals surface area (Å²) >= 11 is 0. The Morgan fingerprint density at radius 1 is 0.737 bits per heavy atom. The molecule has 2 saturated heterocycles. The minimum atomic E-state index is -3.64. The lowest BCUT2D eigenvalue weighted by Crippen LogP contribution is -2.28. The summed E-state index contributed by atoms with van der Waals surface area (Å²) in [7, 11) is -4.14. The van der Waals surface area contributed by atoms with Gasteiger partial charge < -0.3 is 25.1 Å². The molecule has 2 fully saturated rings. The third-order valence-electron chi connectivity index (χ3n) is 10.4. The van der Waals surface area contributed by atoms with E-state index in [4.69, 9.17) is 20.2 Å². The summed E-state index contributed by atoms with van der Waals surface area (Å²) in [5, 5.41) is 3.30. The van der Waals surface area contributed by atoms with E-state index in [1.165, 1.54) is 28.5 Å². The largest absolute Gasteiger partial charge is 0.397 e. The second-order valence-electron chi connectivity index (χ2n) is 15.7. The molecule has 306 valence electrons.